The Morgan fingerprint density at radius 1 is 1.26 bits per heavy atom. The first kappa shape index (κ1) is 13.6. The Morgan fingerprint density at radius 3 is 2.53 bits per heavy atom. The van der Waals surface area contributed by atoms with E-state index in [0.29, 0.717) is 12.1 Å². The molecule has 0 atom stereocenters. The maximum Gasteiger partial charge on any atom is 0.488 e. The van der Waals surface area contributed by atoms with Crippen molar-refractivity contribution in [2.45, 2.75) is 20.0 Å². The lowest BCUT2D eigenvalue weighted by Gasteiger charge is -2.09. The van der Waals surface area contributed by atoms with Gasteiger partial charge in [-0.3, -0.25) is 9.13 Å². The second-order valence-electron chi connectivity index (χ2n) is 4.21. The standard InChI is InChI=1S/C12H14BFN2O3/c1-2-15-5-6-16(12(15)17)8-9-3-4-10(14)7-11(9)13(18)19/h3-7,18-19H,2,8H2,1H3. The molecule has 0 spiro atoms. The van der Waals surface area contributed by atoms with Crippen LogP contribution in [0.15, 0.2) is 35.4 Å². The van der Waals surface area contributed by atoms with Crippen molar-refractivity contribution < 1.29 is 14.4 Å². The lowest BCUT2D eigenvalue weighted by Crippen LogP contribution is -2.35. The van der Waals surface area contributed by atoms with E-state index in [9.17, 15) is 19.2 Å². The van der Waals surface area contributed by atoms with Gasteiger partial charge in [0, 0.05) is 18.9 Å². The molecule has 100 valence electrons. The zero-order valence-corrected chi connectivity index (χ0v) is 10.5. The molecule has 1 aromatic carbocycles. The highest BCUT2D eigenvalue weighted by Crippen LogP contribution is 2.03. The zero-order chi connectivity index (χ0) is 14.0. The largest absolute Gasteiger partial charge is 0.488 e. The second kappa shape index (κ2) is 5.42. The van der Waals surface area contributed by atoms with Crippen LogP contribution in [0.2, 0.25) is 0 Å². The third-order valence-corrected chi connectivity index (χ3v) is 2.99. The molecule has 0 radical (unpaired) electrons. The lowest BCUT2D eigenvalue weighted by molar-refractivity contribution is 0.424. The summed E-state index contributed by atoms with van der Waals surface area (Å²) in [6, 6.07) is 3.73. The Morgan fingerprint density at radius 2 is 1.95 bits per heavy atom. The van der Waals surface area contributed by atoms with E-state index in [2.05, 4.69) is 0 Å². The molecule has 0 bridgehead atoms. The molecule has 0 saturated heterocycles. The monoisotopic (exact) mass is 264 g/mol. The van der Waals surface area contributed by atoms with E-state index in [0.717, 1.165) is 6.07 Å². The summed E-state index contributed by atoms with van der Waals surface area (Å²) in [5, 5.41) is 18.4. The first-order chi connectivity index (χ1) is 9.02. The smallest absolute Gasteiger partial charge is 0.423 e. The van der Waals surface area contributed by atoms with Crippen LogP contribution in [0.25, 0.3) is 0 Å². The summed E-state index contributed by atoms with van der Waals surface area (Å²) in [5.41, 5.74) is 0.369. The molecule has 0 amide bonds. The summed E-state index contributed by atoms with van der Waals surface area (Å²) in [4.78, 5) is 11.9. The second-order valence-corrected chi connectivity index (χ2v) is 4.21. The molecular formula is C12H14BFN2O3. The molecule has 5 nitrogen and oxygen atoms in total. The molecule has 0 unspecified atom stereocenters. The first-order valence-electron chi connectivity index (χ1n) is 5.93. The molecule has 2 aromatic rings. The van der Waals surface area contributed by atoms with Gasteiger partial charge >= 0.3 is 12.8 Å². The number of benzene rings is 1. The molecule has 0 aliphatic heterocycles. The van der Waals surface area contributed by atoms with Crippen LogP contribution < -0.4 is 11.2 Å². The Kier molecular flexibility index (Phi) is 3.87. The average Bonchev–Trinajstić information content (AvgIpc) is 2.72. The van der Waals surface area contributed by atoms with E-state index in [1.54, 1.807) is 12.4 Å². The minimum Gasteiger partial charge on any atom is -0.423 e. The SMILES string of the molecule is CCn1ccn(Cc2ccc(F)cc2B(O)O)c1=O. The van der Waals surface area contributed by atoms with Crippen molar-refractivity contribution in [1.29, 1.82) is 0 Å². The van der Waals surface area contributed by atoms with E-state index in [-0.39, 0.29) is 17.7 Å². The number of halogens is 1. The molecule has 0 saturated carbocycles. The summed E-state index contributed by atoms with van der Waals surface area (Å²) in [7, 11) is -1.77. The van der Waals surface area contributed by atoms with Crippen LogP contribution in [0.5, 0.6) is 0 Å². The number of imidazole rings is 1. The molecule has 0 aliphatic carbocycles. The molecule has 0 aliphatic rings. The Bertz CT molecular complexity index is 636. The van der Waals surface area contributed by atoms with E-state index in [4.69, 9.17) is 0 Å². The summed E-state index contributed by atoms with van der Waals surface area (Å²) in [6.45, 7) is 2.58. The van der Waals surface area contributed by atoms with Crippen molar-refractivity contribution in [2.75, 3.05) is 0 Å². The van der Waals surface area contributed by atoms with Gasteiger partial charge in [0.25, 0.3) is 0 Å². The van der Waals surface area contributed by atoms with Gasteiger partial charge in [-0.15, -0.1) is 0 Å². The average molecular weight is 264 g/mol. The molecular weight excluding hydrogens is 250 g/mol. The van der Waals surface area contributed by atoms with Crippen LogP contribution in [0.3, 0.4) is 0 Å². The fourth-order valence-corrected chi connectivity index (χ4v) is 1.95. The predicted molar refractivity (Wildman–Crippen MR) is 69.7 cm³/mol. The van der Waals surface area contributed by atoms with Gasteiger partial charge in [0.05, 0.1) is 6.54 Å². The fraction of sp³-hybridized carbons (Fsp3) is 0.250. The molecule has 0 fully saturated rings. The van der Waals surface area contributed by atoms with Crippen LogP contribution in [-0.2, 0) is 13.1 Å². The maximum atomic E-state index is 13.1. The summed E-state index contributed by atoms with van der Waals surface area (Å²) < 4.78 is 16.0. The minimum atomic E-state index is -1.77. The van der Waals surface area contributed by atoms with Crippen molar-refractivity contribution in [2.24, 2.45) is 0 Å². The summed E-state index contributed by atoms with van der Waals surface area (Å²) in [5.74, 6) is -0.551. The molecule has 2 rings (SSSR count). The quantitative estimate of drug-likeness (QED) is 0.734. The van der Waals surface area contributed by atoms with Crippen molar-refractivity contribution >= 4 is 12.6 Å². The van der Waals surface area contributed by atoms with Crippen LogP contribution in [0.1, 0.15) is 12.5 Å². The van der Waals surface area contributed by atoms with Crippen LogP contribution in [0.4, 0.5) is 4.39 Å². The summed E-state index contributed by atoms with van der Waals surface area (Å²) in [6.07, 6.45) is 3.27. The Labute approximate surface area is 109 Å². The van der Waals surface area contributed by atoms with Crippen molar-refractivity contribution in [3.05, 3.63) is 52.5 Å². The van der Waals surface area contributed by atoms with E-state index >= 15 is 0 Å². The number of nitrogens with zero attached hydrogens (tertiary/aromatic N) is 2. The predicted octanol–water partition coefficient (Wildman–Crippen LogP) is -0.463. The van der Waals surface area contributed by atoms with Gasteiger partial charge in [-0.1, -0.05) is 6.07 Å². The van der Waals surface area contributed by atoms with Crippen molar-refractivity contribution in [1.82, 2.24) is 9.13 Å². The van der Waals surface area contributed by atoms with Gasteiger partial charge in [-0.2, -0.15) is 0 Å². The third kappa shape index (κ3) is 2.77. The van der Waals surface area contributed by atoms with Gasteiger partial charge in [0.2, 0.25) is 0 Å². The van der Waals surface area contributed by atoms with Gasteiger partial charge < -0.3 is 10.0 Å². The topological polar surface area (TPSA) is 67.4 Å². The fourth-order valence-electron chi connectivity index (χ4n) is 1.95. The number of rotatable bonds is 4. The molecule has 19 heavy (non-hydrogen) atoms. The number of hydrogen-bond donors (Lipinski definition) is 2. The normalized spacial score (nSPS) is 10.7. The van der Waals surface area contributed by atoms with Crippen molar-refractivity contribution in [3.8, 4) is 0 Å². The highest BCUT2D eigenvalue weighted by Gasteiger charge is 2.17. The highest BCUT2D eigenvalue weighted by molar-refractivity contribution is 6.59. The van der Waals surface area contributed by atoms with Crippen LogP contribution in [-0.4, -0.2) is 26.3 Å². The Hall–Kier alpha value is -1.86. The van der Waals surface area contributed by atoms with Gasteiger partial charge in [-0.25, -0.2) is 9.18 Å². The van der Waals surface area contributed by atoms with Crippen molar-refractivity contribution in [3.63, 3.8) is 0 Å². The summed E-state index contributed by atoms with van der Waals surface area (Å²) >= 11 is 0. The number of aromatic nitrogens is 2. The minimum absolute atomic E-state index is 0.0659. The van der Waals surface area contributed by atoms with Crippen LogP contribution in [0, 0.1) is 5.82 Å². The Balaban J connectivity index is 2.38. The van der Waals surface area contributed by atoms with Crippen LogP contribution >= 0.6 is 0 Å². The van der Waals surface area contributed by atoms with Gasteiger partial charge in [0.15, 0.2) is 0 Å². The molecule has 2 N–H and O–H groups in total. The van der Waals surface area contributed by atoms with Gasteiger partial charge in [-0.05, 0) is 30.1 Å². The third-order valence-electron chi connectivity index (χ3n) is 2.99. The maximum absolute atomic E-state index is 13.1. The lowest BCUT2D eigenvalue weighted by atomic mass is 9.77. The molecule has 7 heteroatoms. The molecule has 1 heterocycles. The first-order valence-corrected chi connectivity index (χ1v) is 5.93. The van der Waals surface area contributed by atoms with E-state index in [1.165, 1.54) is 21.3 Å². The highest BCUT2D eigenvalue weighted by atomic mass is 19.1. The van der Waals surface area contributed by atoms with E-state index in [1.807, 2.05) is 6.92 Å². The number of hydrogen-bond acceptors (Lipinski definition) is 3. The van der Waals surface area contributed by atoms with Gasteiger partial charge in [0.1, 0.15) is 5.82 Å². The molecule has 1 aromatic heterocycles. The zero-order valence-electron chi connectivity index (χ0n) is 10.5. The van der Waals surface area contributed by atoms with E-state index < -0.39 is 12.9 Å². The number of aryl methyl sites for hydroxylation is 1.